The molecule has 2 aliphatic rings. The van der Waals surface area contributed by atoms with Gasteiger partial charge >= 0.3 is 0 Å². The Bertz CT molecular complexity index is 3170. The Morgan fingerprint density at radius 1 is 0.500 bits per heavy atom. The Hall–Kier alpha value is -6.58. The first-order valence-corrected chi connectivity index (χ1v) is 19.1. The highest BCUT2D eigenvalue weighted by Gasteiger charge is 2.37. The molecule has 2 aliphatic carbocycles. The second-order valence-corrected chi connectivity index (χ2v) is 15.6. The van der Waals surface area contributed by atoms with Gasteiger partial charge in [0.25, 0.3) is 0 Å². The van der Waals surface area contributed by atoms with Crippen molar-refractivity contribution >= 4 is 43.7 Å². The zero-order chi connectivity index (χ0) is 35.7. The minimum atomic E-state index is -0.0789. The van der Waals surface area contributed by atoms with Gasteiger partial charge in [0.2, 0.25) is 0 Å². The largest absolute Gasteiger partial charge is 0.456 e. The van der Waals surface area contributed by atoms with Crippen molar-refractivity contribution in [2.24, 2.45) is 0 Å². The van der Waals surface area contributed by atoms with Gasteiger partial charge in [0.05, 0.1) is 16.6 Å². The van der Waals surface area contributed by atoms with Gasteiger partial charge in [-0.3, -0.25) is 0 Å². The van der Waals surface area contributed by atoms with Gasteiger partial charge in [-0.15, -0.1) is 0 Å². The third kappa shape index (κ3) is 3.91. The molecule has 7 aromatic carbocycles. The molecule has 3 heteroatoms. The van der Waals surface area contributed by atoms with Gasteiger partial charge in [-0.25, -0.2) is 0 Å². The van der Waals surface area contributed by atoms with Gasteiger partial charge in [-0.2, -0.15) is 0 Å². The van der Waals surface area contributed by atoms with E-state index in [9.17, 15) is 0 Å². The summed E-state index contributed by atoms with van der Waals surface area (Å²) in [6, 6.07) is 58.0. The van der Waals surface area contributed by atoms with Crippen LogP contribution < -0.4 is 0 Å². The van der Waals surface area contributed by atoms with Crippen molar-refractivity contribution in [2.75, 3.05) is 0 Å². The van der Waals surface area contributed by atoms with Crippen molar-refractivity contribution < 1.29 is 4.42 Å². The standard InChI is InChI=1S/C51H36N2O/c1-51(2)40-19-11-9-18-37(40)47-41(51)24-28-44-48(47)38-29-31(21-25-42(38)52(44)33-13-5-3-6-14-33)32-22-26-43-39(30-32)49-45(53(43)34-15-7-4-8-16-34)27-23-36-35-17-10-12-20-46(35)54-50(36)49/h3-22,24-26,28-30H,23,27H2,1-2H3. The lowest BCUT2D eigenvalue weighted by Gasteiger charge is -2.21. The third-order valence-electron chi connectivity index (χ3n) is 12.4. The average molecular weight is 693 g/mol. The van der Waals surface area contributed by atoms with Crippen molar-refractivity contribution in [1.82, 2.24) is 9.13 Å². The molecule has 0 unspecified atom stereocenters. The molecule has 0 fully saturated rings. The summed E-state index contributed by atoms with van der Waals surface area (Å²) in [5.41, 5.74) is 18.7. The van der Waals surface area contributed by atoms with Gasteiger partial charge in [0, 0.05) is 55.2 Å². The Labute approximate surface area is 313 Å². The second-order valence-electron chi connectivity index (χ2n) is 15.6. The molecule has 0 saturated carbocycles. The van der Waals surface area contributed by atoms with Crippen molar-refractivity contribution in [1.29, 1.82) is 0 Å². The highest BCUT2D eigenvalue weighted by Crippen LogP contribution is 2.54. The Balaban J connectivity index is 1.14. The summed E-state index contributed by atoms with van der Waals surface area (Å²) in [5, 5.41) is 5.06. The van der Waals surface area contributed by atoms with Crippen LogP contribution in [0.2, 0.25) is 0 Å². The first-order valence-electron chi connectivity index (χ1n) is 19.1. The SMILES string of the molecule is CC1(C)c2ccccc2-c2c1ccc1c2c2cc(-c3ccc4c(c3)c3c(n4-c4ccccc4)CCc4c-3oc3ccccc43)ccc2n1-c1ccccc1. The predicted molar refractivity (Wildman–Crippen MR) is 223 cm³/mol. The summed E-state index contributed by atoms with van der Waals surface area (Å²) >= 11 is 0. The molecule has 0 amide bonds. The van der Waals surface area contributed by atoms with E-state index in [1.54, 1.807) is 0 Å². The number of hydrogen-bond acceptors (Lipinski definition) is 1. The lowest BCUT2D eigenvalue weighted by atomic mass is 9.82. The number of furan rings is 1. The molecule has 0 radical (unpaired) electrons. The molecule has 0 saturated heterocycles. The van der Waals surface area contributed by atoms with Crippen LogP contribution >= 0.6 is 0 Å². The van der Waals surface area contributed by atoms with Crippen LogP contribution in [0, 0.1) is 0 Å². The Kier molecular flexibility index (Phi) is 5.96. The lowest BCUT2D eigenvalue weighted by Crippen LogP contribution is -2.14. The highest BCUT2D eigenvalue weighted by molar-refractivity contribution is 6.18. The maximum atomic E-state index is 6.74. The van der Waals surface area contributed by atoms with Crippen molar-refractivity contribution in [2.45, 2.75) is 32.1 Å². The molecule has 0 spiro atoms. The molecule has 0 bridgehead atoms. The minimum absolute atomic E-state index is 0.0789. The topological polar surface area (TPSA) is 23.0 Å². The van der Waals surface area contributed by atoms with Crippen molar-refractivity contribution in [3.05, 3.63) is 180 Å². The molecule has 256 valence electrons. The van der Waals surface area contributed by atoms with Crippen LogP contribution in [0.1, 0.15) is 36.2 Å². The van der Waals surface area contributed by atoms with Crippen molar-refractivity contribution in [3.8, 4) is 45.0 Å². The number of hydrogen-bond donors (Lipinski definition) is 0. The average Bonchev–Trinajstić information content (AvgIpc) is 3.93. The number of para-hydroxylation sites is 3. The molecule has 0 atom stereocenters. The van der Waals surface area contributed by atoms with E-state index in [0.717, 1.165) is 24.2 Å². The number of aromatic nitrogens is 2. The van der Waals surface area contributed by atoms with Crippen LogP contribution in [-0.2, 0) is 18.3 Å². The van der Waals surface area contributed by atoms with Gasteiger partial charge in [0.1, 0.15) is 11.3 Å². The maximum Gasteiger partial charge on any atom is 0.141 e. The van der Waals surface area contributed by atoms with Gasteiger partial charge in [0.15, 0.2) is 0 Å². The lowest BCUT2D eigenvalue weighted by molar-refractivity contribution is 0.620. The molecular formula is C51H36N2O. The van der Waals surface area contributed by atoms with Crippen LogP contribution in [0.4, 0.5) is 0 Å². The normalized spacial score (nSPS) is 14.1. The first kappa shape index (κ1) is 29.9. The van der Waals surface area contributed by atoms with E-state index in [1.807, 2.05) is 0 Å². The fourth-order valence-corrected chi connectivity index (χ4v) is 10.0. The number of rotatable bonds is 3. The molecular weight excluding hydrogens is 657 g/mol. The minimum Gasteiger partial charge on any atom is -0.456 e. The van der Waals surface area contributed by atoms with E-state index in [2.05, 4.69) is 181 Å². The van der Waals surface area contributed by atoms with Crippen LogP contribution in [0.25, 0.3) is 88.6 Å². The Morgan fingerprint density at radius 2 is 1.13 bits per heavy atom. The summed E-state index contributed by atoms with van der Waals surface area (Å²) in [6.45, 7) is 4.74. The molecule has 12 rings (SSSR count). The molecule has 3 nitrogen and oxygen atoms in total. The molecule has 3 aromatic heterocycles. The summed E-state index contributed by atoms with van der Waals surface area (Å²) in [5.74, 6) is 1.02. The van der Waals surface area contributed by atoms with E-state index in [4.69, 9.17) is 4.42 Å². The van der Waals surface area contributed by atoms with Gasteiger partial charge < -0.3 is 13.6 Å². The smallest absolute Gasteiger partial charge is 0.141 e. The molecule has 0 N–H and O–H groups in total. The van der Waals surface area contributed by atoms with Crippen molar-refractivity contribution in [3.63, 3.8) is 0 Å². The summed E-state index contributed by atoms with van der Waals surface area (Å²) in [6.07, 6.45) is 1.92. The van der Waals surface area contributed by atoms with E-state index >= 15 is 0 Å². The van der Waals surface area contributed by atoms with Gasteiger partial charge in [-0.05, 0) is 107 Å². The molecule has 54 heavy (non-hydrogen) atoms. The summed E-state index contributed by atoms with van der Waals surface area (Å²) in [4.78, 5) is 0. The maximum absolute atomic E-state index is 6.74. The second kappa shape index (κ2) is 10.7. The van der Waals surface area contributed by atoms with Crippen LogP contribution in [-0.4, -0.2) is 9.13 Å². The molecule has 10 aromatic rings. The summed E-state index contributed by atoms with van der Waals surface area (Å²) in [7, 11) is 0. The highest BCUT2D eigenvalue weighted by atomic mass is 16.3. The third-order valence-corrected chi connectivity index (χ3v) is 12.4. The zero-order valence-electron chi connectivity index (χ0n) is 30.2. The van der Waals surface area contributed by atoms with Crippen LogP contribution in [0.15, 0.2) is 162 Å². The van der Waals surface area contributed by atoms with E-state index in [-0.39, 0.29) is 5.41 Å². The Morgan fingerprint density at radius 3 is 1.91 bits per heavy atom. The molecule has 3 heterocycles. The number of benzene rings is 7. The number of fused-ring (bicyclic) bond motifs is 14. The number of aryl methyl sites for hydroxylation is 1. The van der Waals surface area contributed by atoms with E-state index in [0.29, 0.717) is 0 Å². The van der Waals surface area contributed by atoms with E-state index in [1.165, 1.54) is 99.7 Å². The first-order chi connectivity index (χ1) is 26.6. The van der Waals surface area contributed by atoms with E-state index < -0.39 is 0 Å². The fraction of sp³-hybridized carbons (Fsp3) is 0.0980. The molecule has 0 aliphatic heterocycles. The van der Waals surface area contributed by atoms with Crippen LogP contribution in [0.3, 0.4) is 0 Å². The predicted octanol–water partition coefficient (Wildman–Crippen LogP) is 13.2. The fourth-order valence-electron chi connectivity index (χ4n) is 10.0. The quantitative estimate of drug-likeness (QED) is 0.181. The number of nitrogens with zero attached hydrogens (tertiary/aromatic N) is 2. The zero-order valence-corrected chi connectivity index (χ0v) is 30.2. The van der Waals surface area contributed by atoms with Gasteiger partial charge in [-0.1, -0.05) is 111 Å². The summed E-state index contributed by atoms with van der Waals surface area (Å²) < 4.78 is 11.7. The monoisotopic (exact) mass is 692 g/mol. The van der Waals surface area contributed by atoms with Crippen LogP contribution in [0.5, 0.6) is 0 Å².